The molecule has 1 aromatic rings. The van der Waals surface area contributed by atoms with Crippen LogP contribution in [0, 0.1) is 5.41 Å². The van der Waals surface area contributed by atoms with Gasteiger partial charge in [0.1, 0.15) is 11.9 Å². The molecule has 1 aromatic heterocycles. The van der Waals surface area contributed by atoms with Crippen molar-refractivity contribution in [2.24, 2.45) is 11.1 Å². The second-order valence-electron chi connectivity index (χ2n) is 6.15. The SMILES string of the molecule is CC(C)(C)COc1ccc(O[C@H]2C[C@H](N)C2)nc1. The number of nitrogens with zero attached hydrogens (tertiary/aromatic N) is 1. The van der Waals surface area contributed by atoms with Gasteiger partial charge in [0.05, 0.1) is 12.8 Å². The van der Waals surface area contributed by atoms with Gasteiger partial charge in [-0.05, 0) is 24.3 Å². The number of hydrogen-bond donors (Lipinski definition) is 1. The first kappa shape index (κ1) is 13.1. The van der Waals surface area contributed by atoms with E-state index in [9.17, 15) is 0 Å². The molecule has 1 saturated carbocycles. The van der Waals surface area contributed by atoms with Crippen molar-refractivity contribution >= 4 is 0 Å². The summed E-state index contributed by atoms with van der Waals surface area (Å²) in [6.45, 7) is 7.08. The first-order valence-electron chi connectivity index (χ1n) is 6.43. The zero-order chi connectivity index (χ0) is 13.2. The van der Waals surface area contributed by atoms with Crippen LogP contribution in [-0.4, -0.2) is 23.7 Å². The van der Waals surface area contributed by atoms with E-state index < -0.39 is 0 Å². The van der Waals surface area contributed by atoms with Crippen LogP contribution in [0.2, 0.25) is 0 Å². The van der Waals surface area contributed by atoms with Gasteiger partial charge in [0, 0.05) is 12.1 Å². The van der Waals surface area contributed by atoms with Gasteiger partial charge in [0.2, 0.25) is 5.88 Å². The number of ether oxygens (including phenoxy) is 2. The molecule has 0 aliphatic heterocycles. The molecule has 2 rings (SSSR count). The maximum absolute atomic E-state index is 5.71. The van der Waals surface area contributed by atoms with Crippen LogP contribution < -0.4 is 15.2 Å². The van der Waals surface area contributed by atoms with E-state index in [2.05, 4.69) is 25.8 Å². The molecule has 1 fully saturated rings. The number of rotatable bonds is 4. The van der Waals surface area contributed by atoms with Crippen molar-refractivity contribution in [3.63, 3.8) is 0 Å². The average Bonchev–Trinajstić information content (AvgIpc) is 2.25. The van der Waals surface area contributed by atoms with Gasteiger partial charge < -0.3 is 15.2 Å². The van der Waals surface area contributed by atoms with Crippen LogP contribution in [0.1, 0.15) is 33.6 Å². The van der Waals surface area contributed by atoms with E-state index in [4.69, 9.17) is 15.2 Å². The molecule has 4 heteroatoms. The van der Waals surface area contributed by atoms with Gasteiger partial charge in [-0.3, -0.25) is 0 Å². The predicted molar refractivity (Wildman–Crippen MR) is 70.8 cm³/mol. The van der Waals surface area contributed by atoms with Crippen molar-refractivity contribution in [1.29, 1.82) is 0 Å². The zero-order valence-corrected chi connectivity index (χ0v) is 11.3. The highest BCUT2D eigenvalue weighted by Gasteiger charge is 2.27. The molecule has 0 bridgehead atoms. The Bertz CT molecular complexity index is 378. The Morgan fingerprint density at radius 3 is 2.56 bits per heavy atom. The van der Waals surface area contributed by atoms with Crippen LogP contribution >= 0.6 is 0 Å². The third-order valence-corrected chi connectivity index (χ3v) is 2.80. The molecule has 0 amide bonds. The minimum Gasteiger partial charge on any atom is -0.491 e. The van der Waals surface area contributed by atoms with Gasteiger partial charge in [-0.25, -0.2) is 4.98 Å². The monoisotopic (exact) mass is 250 g/mol. The molecular formula is C14H22N2O2. The Kier molecular flexibility index (Phi) is 3.76. The van der Waals surface area contributed by atoms with E-state index in [0.717, 1.165) is 18.6 Å². The lowest BCUT2D eigenvalue weighted by Gasteiger charge is -2.32. The molecule has 0 saturated heterocycles. The van der Waals surface area contributed by atoms with Crippen LogP contribution in [-0.2, 0) is 0 Å². The fourth-order valence-corrected chi connectivity index (χ4v) is 1.69. The molecule has 1 aliphatic carbocycles. The molecule has 0 aromatic carbocycles. The lowest BCUT2D eigenvalue weighted by atomic mass is 9.90. The summed E-state index contributed by atoms with van der Waals surface area (Å²) in [6.07, 6.45) is 3.78. The van der Waals surface area contributed by atoms with Crippen molar-refractivity contribution in [3.05, 3.63) is 18.3 Å². The number of aromatic nitrogens is 1. The summed E-state index contributed by atoms with van der Waals surface area (Å²) in [6, 6.07) is 4.04. The van der Waals surface area contributed by atoms with Gasteiger partial charge in [0.15, 0.2) is 0 Å². The zero-order valence-electron chi connectivity index (χ0n) is 11.3. The summed E-state index contributed by atoms with van der Waals surface area (Å²) in [7, 11) is 0. The van der Waals surface area contributed by atoms with Crippen molar-refractivity contribution in [2.45, 2.75) is 45.8 Å². The lowest BCUT2D eigenvalue weighted by molar-refractivity contribution is 0.0955. The second-order valence-corrected chi connectivity index (χ2v) is 6.15. The summed E-state index contributed by atoms with van der Waals surface area (Å²) < 4.78 is 11.3. The lowest BCUT2D eigenvalue weighted by Crippen LogP contribution is -2.43. The third kappa shape index (κ3) is 3.88. The predicted octanol–water partition coefficient (Wildman–Crippen LogP) is 2.38. The third-order valence-electron chi connectivity index (χ3n) is 2.80. The second kappa shape index (κ2) is 5.14. The van der Waals surface area contributed by atoms with Gasteiger partial charge >= 0.3 is 0 Å². The van der Waals surface area contributed by atoms with Gasteiger partial charge in [-0.1, -0.05) is 20.8 Å². The Labute approximate surface area is 108 Å². The maximum atomic E-state index is 5.71. The summed E-state index contributed by atoms with van der Waals surface area (Å²) in [5, 5.41) is 0. The highest BCUT2D eigenvalue weighted by molar-refractivity contribution is 5.23. The van der Waals surface area contributed by atoms with E-state index in [-0.39, 0.29) is 11.5 Å². The highest BCUT2D eigenvalue weighted by atomic mass is 16.5. The molecule has 0 spiro atoms. The summed E-state index contributed by atoms with van der Waals surface area (Å²) in [5.41, 5.74) is 5.86. The molecule has 1 aliphatic rings. The van der Waals surface area contributed by atoms with E-state index in [1.54, 1.807) is 6.20 Å². The van der Waals surface area contributed by atoms with Crippen LogP contribution in [0.5, 0.6) is 11.6 Å². The number of hydrogen-bond acceptors (Lipinski definition) is 4. The Hall–Kier alpha value is -1.29. The normalized spacial score (nSPS) is 23.3. The van der Waals surface area contributed by atoms with Crippen LogP contribution in [0.15, 0.2) is 18.3 Å². The minimum absolute atomic E-state index is 0.150. The van der Waals surface area contributed by atoms with E-state index in [1.807, 2.05) is 12.1 Å². The molecule has 1 heterocycles. The van der Waals surface area contributed by atoms with E-state index >= 15 is 0 Å². The van der Waals surface area contributed by atoms with Crippen LogP contribution in [0.25, 0.3) is 0 Å². The summed E-state index contributed by atoms with van der Waals surface area (Å²) in [4.78, 5) is 4.24. The standard InChI is InChI=1S/C14H22N2O2/c1-14(2,3)9-17-11-4-5-13(16-8-11)18-12-6-10(15)7-12/h4-5,8,10,12H,6-7,9,15H2,1-3H3/t10-,12-. The molecule has 2 N–H and O–H groups in total. The Balaban J connectivity index is 1.82. The molecule has 0 unspecified atom stereocenters. The topological polar surface area (TPSA) is 57.4 Å². The highest BCUT2D eigenvalue weighted by Crippen LogP contribution is 2.24. The molecule has 18 heavy (non-hydrogen) atoms. The van der Waals surface area contributed by atoms with Gasteiger partial charge in [0.25, 0.3) is 0 Å². The van der Waals surface area contributed by atoms with Crippen molar-refractivity contribution in [1.82, 2.24) is 4.98 Å². The van der Waals surface area contributed by atoms with Crippen molar-refractivity contribution < 1.29 is 9.47 Å². The van der Waals surface area contributed by atoms with Gasteiger partial charge in [-0.15, -0.1) is 0 Å². The maximum Gasteiger partial charge on any atom is 0.213 e. The Morgan fingerprint density at radius 1 is 1.33 bits per heavy atom. The largest absolute Gasteiger partial charge is 0.491 e. The average molecular weight is 250 g/mol. The first-order valence-corrected chi connectivity index (χ1v) is 6.43. The van der Waals surface area contributed by atoms with E-state index in [0.29, 0.717) is 18.5 Å². The quantitative estimate of drug-likeness (QED) is 0.891. The Morgan fingerprint density at radius 2 is 2.06 bits per heavy atom. The van der Waals surface area contributed by atoms with Crippen LogP contribution in [0.4, 0.5) is 0 Å². The van der Waals surface area contributed by atoms with Gasteiger partial charge in [-0.2, -0.15) is 0 Å². The fourth-order valence-electron chi connectivity index (χ4n) is 1.69. The number of pyridine rings is 1. The molecule has 4 nitrogen and oxygen atoms in total. The van der Waals surface area contributed by atoms with Crippen molar-refractivity contribution in [2.75, 3.05) is 6.61 Å². The summed E-state index contributed by atoms with van der Waals surface area (Å²) >= 11 is 0. The smallest absolute Gasteiger partial charge is 0.213 e. The fraction of sp³-hybridized carbons (Fsp3) is 0.643. The molecule has 100 valence electrons. The van der Waals surface area contributed by atoms with E-state index in [1.165, 1.54) is 0 Å². The molecule has 0 atom stereocenters. The molecular weight excluding hydrogens is 228 g/mol. The van der Waals surface area contributed by atoms with Crippen molar-refractivity contribution in [3.8, 4) is 11.6 Å². The van der Waals surface area contributed by atoms with Crippen LogP contribution in [0.3, 0.4) is 0 Å². The molecule has 0 radical (unpaired) electrons. The summed E-state index contributed by atoms with van der Waals surface area (Å²) in [5.74, 6) is 1.43. The minimum atomic E-state index is 0.150. The number of nitrogens with two attached hydrogens (primary N) is 1. The first-order chi connectivity index (χ1) is 8.42.